The molecule has 0 bridgehead atoms. The van der Waals surface area contributed by atoms with Crippen molar-refractivity contribution < 1.29 is 22.7 Å². The lowest BCUT2D eigenvalue weighted by molar-refractivity contribution is 0.0450. The molecule has 0 atom stereocenters. The average molecular weight is 420 g/mol. The SMILES string of the molecule is Cc1cc(OCCOC(=O)c2ccc(CCNS(C)(=O)=O)cc2)ccc1C(C)C. The summed E-state index contributed by atoms with van der Waals surface area (Å²) in [6.07, 6.45) is 1.67. The van der Waals surface area contributed by atoms with E-state index < -0.39 is 16.0 Å². The topological polar surface area (TPSA) is 81.7 Å². The maximum absolute atomic E-state index is 12.1. The second-order valence-electron chi connectivity index (χ2n) is 7.27. The molecule has 0 heterocycles. The van der Waals surface area contributed by atoms with Gasteiger partial charge in [0.1, 0.15) is 19.0 Å². The highest BCUT2D eigenvalue weighted by Gasteiger charge is 2.08. The van der Waals surface area contributed by atoms with E-state index in [-0.39, 0.29) is 13.2 Å². The molecule has 0 aliphatic heterocycles. The van der Waals surface area contributed by atoms with Crippen LogP contribution in [-0.4, -0.2) is 40.4 Å². The molecule has 6 nitrogen and oxygen atoms in total. The Balaban J connectivity index is 1.75. The van der Waals surface area contributed by atoms with Crippen LogP contribution in [0.3, 0.4) is 0 Å². The molecule has 0 saturated carbocycles. The highest BCUT2D eigenvalue weighted by atomic mass is 32.2. The van der Waals surface area contributed by atoms with Crippen LogP contribution in [0.2, 0.25) is 0 Å². The van der Waals surface area contributed by atoms with Gasteiger partial charge in [-0.15, -0.1) is 0 Å². The summed E-state index contributed by atoms with van der Waals surface area (Å²) < 4.78 is 35.5. The summed E-state index contributed by atoms with van der Waals surface area (Å²) in [6, 6.07) is 12.9. The van der Waals surface area contributed by atoms with Gasteiger partial charge in [-0.1, -0.05) is 32.0 Å². The van der Waals surface area contributed by atoms with Gasteiger partial charge >= 0.3 is 5.97 Å². The second-order valence-corrected chi connectivity index (χ2v) is 9.10. The molecule has 29 heavy (non-hydrogen) atoms. The van der Waals surface area contributed by atoms with Crippen molar-refractivity contribution in [3.63, 3.8) is 0 Å². The average Bonchev–Trinajstić information content (AvgIpc) is 2.64. The molecular weight excluding hydrogens is 390 g/mol. The Kier molecular flexibility index (Phi) is 8.22. The first-order valence-corrected chi connectivity index (χ1v) is 11.5. The van der Waals surface area contributed by atoms with Gasteiger partial charge in [0.2, 0.25) is 10.0 Å². The van der Waals surface area contributed by atoms with E-state index in [1.807, 2.05) is 12.1 Å². The van der Waals surface area contributed by atoms with Crippen molar-refractivity contribution in [2.75, 3.05) is 26.0 Å². The van der Waals surface area contributed by atoms with Crippen molar-refractivity contribution in [2.45, 2.75) is 33.1 Å². The van der Waals surface area contributed by atoms with Crippen LogP contribution in [-0.2, 0) is 21.2 Å². The van der Waals surface area contributed by atoms with Crippen LogP contribution in [0.25, 0.3) is 0 Å². The Morgan fingerprint density at radius 1 is 1.07 bits per heavy atom. The summed E-state index contributed by atoms with van der Waals surface area (Å²) in [5.41, 5.74) is 3.85. The number of esters is 1. The van der Waals surface area contributed by atoms with Gasteiger partial charge < -0.3 is 9.47 Å². The number of aryl methyl sites for hydroxylation is 1. The van der Waals surface area contributed by atoms with Crippen molar-refractivity contribution in [2.24, 2.45) is 0 Å². The number of benzene rings is 2. The fraction of sp³-hybridized carbons (Fsp3) is 0.409. The Bertz CT molecular complexity index is 921. The molecule has 1 N–H and O–H groups in total. The van der Waals surface area contributed by atoms with E-state index in [4.69, 9.17) is 9.47 Å². The fourth-order valence-electron chi connectivity index (χ4n) is 2.95. The van der Waals surface area contributed by atoms with E-state index in [1.165, 1.54) is 11.1 Å². The Hall–Kier alpha value is -2.38. The first-order chi connectivity index (χ1) is 13.7. The van der Waals surface area contributed by atoms with E-state index in [1.54, 1.807) is 24.3 Å². The van der Waals surface area contributed by atoms with Crippen molar-refractivity contribution >= 4 is 16.0 Å². The van der Waals surface area contributed by atoms with Gasteiger partial charge in [-0.2, -0.15) is 0 Å². The number of carbonyl (C=O) groups excluding carboxylic acids is 1. The van der Waals surface area contributed by atoms with Crippen LogP contribution >= 0.6 is 0 Å². The molecule has 7 heteroatoms. The number of hydrogen-bond acceptors (Lipinski definition) is 5. The molecule has 0 aliphatic carbocycles. The third-order valence-corrected chi connectivity index (χ3v) is 5.14. The number of sulfonamides is 1. The highest BCUT2D eigenvalue weighted by Crippen LogP contribution is 2.23. The summed E-state index contributed by atoms with van der Waals surface area (Å²) in [7, 11) is -3.19. The molecule has 0 spiro atoms. The smallest absolute Gasteiger partial charge is 0.338 e. The van der Waals surface area contributed by atoms with Crippen molar-refractivity contribution in [3.8, 4) is 5.75 Å². The summed E-state index contributed by atoms with van der Waals surface area (Å²) in [4.78, 5) is 12.1. The molecule has 2 aromatic rings. The van der Waals surface area contributed by atoms with E-state index in [0.717, 1.165) is 17.6 Å². The summed E-state index contributed by atoms with van der Waals surface area (Å²) in [5, 5.41) is 0. The maximum Gasteiger partial charge on any atom is 0.338 e. The highest BCUT2D eigenvalue weighted by molar-refractivity contribution is 7.88. The van der Waals surface area contributed by atoms with Crippen LogP contribution in [0.5, 0.6) is 5.75 Å². The lowest BCUT2D eigenvalue weighted by Crippen LogP contribution is -2.24. The lowest BCUT2D eigenvalue weighted by atomic mass is 9.98. The standard InChI is InChI=1S/C22H29NO5S/c1-16(2)21-10-9-20(15-17(21)3)27-13-14-28-22(24)19-7-5-18(6-8-19)11-12-23-29(4,25)26/h5-10,15-16,23H,11-14H2,1-4H3. The van der Waals surface area contributed by atoms with Gasteiger partial charge in [0, 0.05) is 6.54 Å². The Morgan fingerprint density at radius 3 is 2.34 bits per heavy atom. The normalized spacial score (nSPS) is 11.5. The van der Waals surface area contributed by atoms with Crippen LogP contribution < -0.4 is 9.46 Å². The monoisotopic (exact) mass is 419 g/mol. The quantitative estimate of drug-likeness (QED) is 0.471. The molecule has 158 valence electrons. The number of rotatable bonds is 10. The fourth-order valence-corrected chi connectivity index (χ4v) is 3.42. The maximum atomic E-state index is 12.1. The Morgan fingerprint density at radius 2 is 1.76 bits per heavy atom. The zero-order valence-corrected chi connectivity index (χ0v) is 18.2. The minimum absolute atomic E-state index is 0.157. The predicted octanol–water partition coefficient (Wildman–Crippen LogP) is 3.45. The third kappa shape index (κ3) is 7.87. The minimum atomic E-state index is -3.19. The van der Waals surface area contributed by atoms with Crippen molar-refractivity contribution in [1.29, 1.82) is 0 Å². The van der Waals surface area contributed by atoms with Crippen LogP contribution in [0.15, 0.2) is 42.5 Å². The molecule has 0 aromatic heterocycles. The molecule has 0 fully saturated rings. The van der Waals surface area contributed by atoms with E-state index in [0.29, 0.717) is 24.4 Å². The van der Waals surface area contributed by atoms with Crippen LogP contribution in [0, 0.1) is 6.92 Å². The van der Waals surface area contributed by atoms with Crippen molar-refractivity contribution in [3.05, 3.63) is 64.7 Å². The van der Waals surface area contributed by atoms with Gasteiger partial charge in [-0.25, -0.2) is 17.9 Å². The summed E-state index contributed by atoms with van der Waals surface area (Å²) in [6.45, 7) is 7.12. The zero-order chi connectivity index (χ0) is 21.4. The van der Waals surface area contributed by atoms with Gasteiger partial charge in [0.15, 0.2) is 0 Å². The second kappa shape index (κ2) is 10.4. The molecule has 0 unspecified atom stereocenters. The summed E-state index contributed by atoms with van der Waals surface area (Å²) >= 11 is 0. The zero-order valence-electron chi connectivity index (χ0n) is 17.4. The Labute approximate surface area is 173 Å². The molecule has 0 aliphatic rings. The van der Waals surface area contributed by atoms with Crippen LogP contribution in [0.4, 0.5) is 0 Å². The largest absolute Gasteiger partial charge is 0.490 e. The number of carbonyl (C=O) groups is 1. The molecule has 0 saturated heterocycles. The molecular formula is C22H29NO5S. The van der Waals surface area contributed by atoms with Crippen LogP contribution in [0.1, 0.15) is 46.8 Å². The van der Waals surface area contributed by atoms with Crippen molar-refractivity contribution in [1.82, 2.24) is 4.72 Å². The minimum Gasteiger partial charge on any atom is -0.490 e. The van der Waals surface area contributed by atoms with Gasteiger partial charge in [0.25, 0.3) is 0 Å². The summed E-state index contributed by atoms with van der Waals surface area (Å²) in [5.74, 6) is 0.808. The number of ether oxygens (including phenoxy) is 2. The molecule has 2 rings (SSSR count). The molecule has 0 radical (unpaired) electrons. The first-order valence-electron chi connectivity index (χ1n) is 9.60. The van der Waals surface area contributed by atoms with Gasteiger partial charge in [-0.05, 0) is 60.2 Å². The van der Waals surface area contributed by atoms with Gasteiger partial charge in [0.05, 0.1) is 11.8 Å². The lowest BCUT2D eigenvalue weighted by Gasteiger charge is -2.12. The van der Waals surface area contributed by atoms with E-state index in [9.17, 15) is 13.2 Å². The molecule has 2 aromatic carbocycles. The van der Waals surface area contributed by atoms with E-state index in [2.05, 4.69) is 31.6 Å². The number of nitrogens with one attached hydrogen (secondary N) is 1. The number of hydrogen-bond donors (Lipinski definition) is 1. The van der Waals surface area contributed by atoms with E-state index >= 15 is 0 Å². The molecule has 0 amide bonds. The first kappa shape index (κ1) is 22.9. The predicted molar refractivity (Wildman–Crippen MR) is 114 cm³/mol. The van der Waals surface area contributed by atoms with Gasteiger partial charge in [-0.3, -0.25) is 0 Å². The third-order valence-electron chi connectivity index (χ3n) is 4.42.